The van der Waals surface area contributed by atoms with Gasteiger partial charge in [-0.2, -0.15) is 0 Å². The first-order valence-electron chi connectivity index (χ1n) is 12.6. The smallest absolute Gasteiger partial charge is 0.119 e. The van der Waals surface area contributed by atoms with Gasteiger partial charge in [0, 0.05) is 29.3 Å². The van der Waals surface area contributed by atoms with Gasteiger partial charge in [0.25, 0.3) is 0 Å². The van der Waals surface area contributed by atoms with Crippen LogP contribution in [0.15, 0.2) is 109 Å². The lowest BCUT2D eigenvalue weighted by Crippen LogP contribution is -1.82. The summed E-state index contributed by atoms with van der Waals surface area (Å²) in [5.74, 6) is 1.77. The maximum atomic E-state index is 5.37. The second kappa shape index (κ2) is 10.0. The minimum Gasteiger partial charge on any atom is -0.497 e. The summed E-state index contributed by atoms with van der Waals surface area (Å²) in [6.07, 6.45) is 0. The van der Waals surface area contributed by atoms with E-state index in [4.69, 9.17) is 9.47 Å². The maximum Gasteiger partial charge on any atom is 0.119 e. The van der Waals surface area contributed by atoms with E-state index in [0.29, 0.717) is 0 Å². The van der Waals surface area contributed by atoms with Crippen molar-refractivity contribution in [1.82, 2.24) is 0 Å². The molecule has 3 aromatic heterocycles. The lowest BCUT2D eigenvalue weighted by atomic mass is 10.1. The van der Waals surface area contributed by atoms with E-state index in [1.54, 1.807) is 14.2 Å². The predicted octanol–water partition coefficient (Wildman–Crippen LogP) is 10.9. The molecule has 4 aromatic carbocycles. The highest BCUT2D eigenvalue weighted by Crippen LogP contribution is 2.43. The minimum absolute atomic E-state index is 0.887. The molecule has 39 heavy (non-hydrogen) atoms. The van der Waals surface area contributed by atoms with Crippen LogP contribution in [0.4, 0.5) is 0 Å². The van der Waals surface area contributed by atoms with Gasteiger partial charge in [-0.15, -0.1) is 34.0 Å². The van der Waals surface area contributed by atoms with Gasteiger partial charge in [0.15, 0.2) is 0 Å². The standard InChI is InChI=1S/C34H24O2S3/c1-35-27-9-7-21-17-25(5-3-23(21)19-27)29-11-13-31(37-29)33-15-16-34(39-33)32-14-12-30(38-32)26-6-4-24-20-28(36-2)10-8-22(24)18-26/h3-20H,1-2H3. The number of methoxy groups -OCH3 is 2. The Hall–Kier alpha value is -3.90. The first kappa shape index (κ1) is 24.2. The second-order valence-electron chi connectivity index (χ2n) is 9.35. The van der Waals surface area contributed by atoms with Crippen molar-refractivity contribution in [2.24, 2.45) is 0 Å². The summed E-state index contributed by atoms with van der Waals surface area (Å²) in [5.41, 5.74) is 2.50. The lowest BCUT2D eigenvalue weighted by molar-refractivity contribution is 0.415. The molecule has 3 heterocycles. The van der Waals surface area contributed by atoms with Gasteiger partial charge >= 0.3 is 0 Å². The van der Waals surface area contributed by atoms with Crippen LogP contribution < -0.4 is 9.47 Å². The maximum absolute atomic E-state index is 5.37. The quantitative estimate of drug-likeness (QED) is 0.201. The van der Waals surface area contributed by atoms with E-state index in [2.05, 4.69) is 97.1 Å². The van der Waals surface area contributed by atoms with Crippen molar-refractivity contribution < 1.29 is 9.47 Å². The largest absolute Gasteiger partial charge is 0.497 e. The molecule has 0 saturated carbocycles. The molecule has 2 nitrogen and oxygen atoms in total. The van der Waals surface area contributed by atoms with Crippen LogP contribution in [-0.4, -0.2) is 14.2 Å². The van der Waals surface area contributed by atoms with E-state index in [9.17, 15) is 0 Å². The molecule has 0 bridgehead atoms. The number of benzene rings is 4. The van der Waals surface area contributed by atoms with E-state index >= 15 is 0 Å². The van der Waals surface area contributed by atoms with E-state index in [-0.39, 0.29) is 0 Å². The van der Waals surface area contributed by atoms with Crippen LogP contribution in [0.5, 0.6) is 11.5 Å². The fraction of sp³-hybridized carbons (Fsp3) is 0.0588. The van der Waals surface area contributed by atoms with Gasteiger partial charge in [-0.05, 0) is 105 Å². The summed E-state index contributed by atoms with van der Waals surface area (Å²) in [7, 11) is 3.41. The first-order chi connectivity index (χ1) is 19.2. The molecule has 5 heteroatoms. The highest BCUT2D eigenvalue weighted by atomic mass is 32.1. The van der Waals surface area contributed by atoms with Gasteiger partial charge in [-0.1, -0.05) is 36.4 Å². The molecule has 0 aliphatic carbocycles. The lowest BCUT2D eigenvalue weighted by Gasteiger charge is -2.04. The van der Waals surface area contributed by atoms with Crippen LogP contribution in [0.1, 0.15) is 0 Å². The molecule has 190 valence electrons. The Morgan fingerprint density at radius 3 is 1.10 bits per heavy atom. The van der Waals surface area contributed by atoms with Gasteiger partial charge in [0.05, 0.1) is 14.2 Å². The Balaban J connectivity index is 1.13. The molecule has 0 saturated heterocycles. The van der Waals surface area contributed by atoms with Crippen LogP contribution in [0.2, 0.25) is 0 Å². The highest BCUT2D eigenvalue weighted by Gasteiger charge is 2.12. The molecule has 7 aromatic rings. The van der Waals surface area contributed by atoms with Gasteiger partial charge in [-0.25, -0.2) is 0 Å². The average Bonchev–Trinajstić information content (AvgIpc) is 3.77. The molecule has 0 spiro atoms. The highest BCUT2D eigenvalue weighted by molar-refractivity contribution is 7.27. The molecule has 7 rings (SSSR count). The van der Waals surface area contributed by atoms with Crippen molar-refractivity contribution in [3.8, 4) is 51.9 Å². The van der Waals surface area contributed by atoms with Crippen molar-refractivity contribution in [1.29, 1.82) is 0 Å². The summed E-state index contributed by atoms with van der Waals surface area (Å²) in [5, 5.41) is 4.83. The second-order valence-corrected chi connectivity index (χ2v) is 12.6. The van der Waals surface area contributed by atoms with E-state index in [1.165, 1.54) is 61.9 Å². The van der Waals surface area contributed by atoms with Crippen LogP contribution in [0.25, 0.3) is 61.9 Å². The number of hydrogen-bond acceptors (Lipinski definition) is 5. The third kappa shape index (κ3) is 4.63. The third-order valence-corrected chi connectivity index (χ3v) is 10.7. The average molecular weight is 561 g/mol. The molecule has 0 radical (unpaired) electrons. The SMILES string of the molecule is COc1ccc2cc(-c3ccc(-c4ccc(-c5ccc(-c6ccc7cc(OC)ccc7c6)s5)s4)s3)ccc2c1. The van der Waals surface area contributed by atoms with Crippen molar-refractivity contribution in [2.75, 3.05) is 14.2 Å². The molecule has 0 unspecified atom stereocenters. The van der Waals surface area contributed by atoms with E-state index in [0.717, 1.165) is 11.5 Å². The summed E-state index contributed by atoms with van der Waals surface area (Å²) in [6.45, 7) is 0. The molecule has 0 aliphatic rings. The Bertz CT molecular complexity index is 1820. The van der Waals surface area contributed by atoms with E-state index in [1.807, 2.05) is 46.1 Å². The van der Waals surface area contributed by atoms with Crippen LogP contribution in [0, 0.1) is 0 Å². The van der Waals surface area contributed by atoms with Gasteiger partial charge < -0.3 is 9.47 Å². The third-order valence-electron chi connectivity index (χ3n) is 6.97. The molecule has 0 aliphatic heterocycles. The normalized spacial score (nSPS) is 11.3. The first-order valence-corrected chi connectivity index (χ1v) is 15.1. The zero-order chi connectivity index (χ0) is 26.3. The molecular weight excluding hydrogens is 537 g/mol. The van der Waals surface area contributed by atoms with Gasteiger partial charge in [0.2, 0.25) is 0 Å². The molecular formula is C34H24O2S3. The predicted molar refractivity (Wildman–Crippen MR) is 170 cm³/mol. The summed E-state index contributed by atoms with van der Waals surface area (Å²) in [4.78, 5) is 7.79. The Kier molecular flexibility index (Phi) is 6.20. The van der Waals surface area contributed by atoms with Crippen molar-refractivity contribution in [2.45, 2.75) is 0 Å². The Morgan fingerprint density at radius 1 is 0.359 bits per heavy atom. The van der Waals surface area contributed by atoms with Crippen LogP contribution >= 0.6 is 34.0 Å². The van der Waals surface area contributed by atoms with Gasteiger partial charge in [0.1, 0.15) is 11.5 Å². The molecule has 0 fully saturated rings. The summed E-state index contributed by atoms with van der Waals surface area (Å²) in [6, 6.07) is 39.2. The topological polar surface area (TPSA) is 18.5 Å². The van der Waals surface area contributed by atoms with Crippen molar-refractivity contribution in [3.05, 3.63) is 109 Å². The number of hydrogen-bond donors (Lipinski definition) is 0. The fourth-order valence-corrected chi connectivity index (χ4v) is 8.05. The number of thiophene rings is 3. The number of fused-ring (bicyclic) bond motifs is 2. The Labute approximate surface area is 239 Å². The zero-order valence-corrected chi connectivity index (χ0v) is 23.9. The fourth-order valence-electron chi connectivity index (χ4n) is 4.86. The van der Waals surface area contributed by atoms with Crippen LogP contribution in [-0.2, 0) is 0 Å². The monoisotopic (exact) mass is 560 g/mol. The molecule has 0 atom stereocenters. The number of rotatable bonds is 6. The summed E-state index contributed by atoms with van der Waals surface area (Å²) < 4.78 is 10.7. The van der Waals surface area contributed by atoms with Gasteiger partial charge in [-0.3, -0.25) is 0 Å². The summed E-state index contributed by atoms with van der Waals surface area (Å²) >= 11 is 5.56. The molecule has 0 amide bonds. The molecule has 0 N–H and O–H groups in total. The minimum atomic E-state index is 0.887. The van der Waals surface area contributed by atoms with Crippen molar-refractivity contribution in [3.63, 3.8) is 0 Å². The van der Waals surface area contributed by atoms with Crippen molar-refractivity contribution >= 4 is 55.6 Å². The zero-order valence-electron chi connectivity index (χ0n) is 21.4. The number of ether oxygens (including phenoxy) is 2. The van der Waals surface area contributed by atoms with E-state index < -0.39 is 0 Å². The Morgan fingerprint density at radius 2 is 0.692 bits per heavy atom. The van der Waals surface area contributed by atoms with Crippen LogP contribution in [0.3, 0.4) is 0 Å².